The second-order valence-electron chi connectivity index (χ2n) is 3.52. The van der Waals surface area contributed by atoms with Crippen LogP contribution in [0.25, 0.3) is 0 Å². The van der Waals surface area contributed by atoms with Crippen molar-refractivity contribution in [2.75, 3.05) is 19.8 Å². The Morgan fingerprint density at radius 1 is 1.67 bits per heavy atom. The van der Waals surface area contributed by atoms with Crippen molar-refractivity contribution < 1.29 is 9.84 Å². The van der Waals surface area contributed by atoms with E-state index >= 15 is 0 Å². The van der Waals surface area contributed by atoms with Crippen LogP contribution in [0, 0.1) is 0 Å². The zero-order chi connectivity index (χ0) is 9.03. The number of piperidine rings is 1. The monoisotopic (exact) mass is 173 g/mol. The Hall–Kier alpha value is -0.120. The van der Waals surface area contributed by atoms with Crippen molar-refractivity contribution in [3.05, 3.63) is 0 Å². The molecule has 2 N–H and O–H groups in total. The van der Waals surface area contributed by atoms with Gasteiger partial charge in [0.25, 0.3) is 0 Å². The summed E-state index contributed by atoms with van der Waals surface area (Å²) in [6.45, 7) is 6.10. The van der Waals surface area contributed by atoms with Gasteiger partial charge in [0.05, 0.1) is 6.61 Å². The summed E-state index contributed by atoms with van der Waals surface area (Å²) in [5, 5.41) is 13.3. The molecule has 1 aliphatic rings. The number of ether oxygens (including phenoxy) is 1. The highest BCUT2D eigenvalue weighted by atomic mass is 16.5. The Morgan fingerprint density at radius 2 is 2.42 bits per heavy atom. The lowest BCUT2D eigenvalue weighted by Crippen LogP contribution is -2.55. The smallest absolute Gasteiger partial charge is 0.103 e. The van der Waals surface area contributed by atoms with Crippen LogP contribution in [0.3, 0.4) is 0 Å². The molecule has 12 heavy (non-hydrogen) atoms. The molecule has 72 valence electrons. The maximum Gasteiger partial charge on any atom is 0.103 e. The van der Waals surface area contributed by atoms with E-state index in [2.05, 4.69) is 5.32 Å². The van der Waals surface area contributed by atoms with Crippen molar-refractivity contribution >= 4 is 0 Å². The first-order valence-electron chi connectivity index (χ1n) is 4.72. The highest BCUT2D eigenvalue weighted by Gasteiger charge is 2.35. The molecule has 0 bridgehead atoms. The fraction of sp³-hybridized carbons (Fsp3) is 1.00. The highest BCUT2D eigenvalue weighted by molar-refractivity contribution is 4.92. The van der Waals surface area contributed by atoms with Gasteiger partial charge in [0.2, 0.25) is 0 Å². The van der Waals surface area contributed by atoms with Crippen molar-refractivity contribution in [2.45, 2.75) is 38.3 Å². The first-order chi connectivity index (χ1) is 5.69. The number of hydrogen-bond acceptors (Lipinski definition) is 3. The Kier molecular flexibility index (Phi) is 3.50. The lowest BCUT2D eigenvalue weighted by molar-refractivity contribution is -0.0802. The number of rotatable bonds is 3. The molecule has 2 unspecified atom stereocenters. The van der Waals surface area contributed by atoms with E-state index in [0.717, 1.165) is 19.4 Å². The molecule has 0 radical (unpaired) electrons. The molecule has 1 saturated heterocycles. The number of aliphatic hydroxyl groups is 1. The van der Waals surface area contributed by atoms with Crippen LogP contribution in [0.15, 0.2) is 0 Å². The van der Waals surface area contributed by atoms with Crippen LogP contribution in [-0.4, -0.2) is 36.5 Å². The molecule has 3 nitrogen and oxygen atoms in total. The summed E-state index contributed by atoms with van der Waals surface area (Å²) in [6.07, 6.45) is 1.88. The molecular weight excluding hydrogens is 154 g/mol. The second kappa shape index (κ2) is 4.21. The standard InChI is InChI=1S/C9H19NO2/c1-3-12-7-9(11)5-4-6-10-8(9)2/h8,10-11H,3-7H2,1-2H3. The largest absolute Gasteiger partial charge is 0.386 e. The lowest BCUT2D eigenvalue weighted by Gasteiger charge is -2.38. The topological polar surface area (TPSA) is 41.5 Å². The van der Waals surface area contributed by atoms with Crippen LogP contribution in [0.4, 0.5) is 0 Å². The molecule has 0 aromatic carbocycles. The predicted octanol–water partition coefficient (Wildman–Crippen LogP) is 0.526. The van der Waals surface area contributed by atoms with E-state index in [4.69, 9.17) is 4.74 Å². The normalized spacial score (nSPS) is 36.8. The summed E-state index contributed by atoms with van der Waals surface area (Å²) in [5.74, 6) is 0. The minimum atomic E-state index is -0.645. The molecule has 0 aromatic rings. The summed E-state index contributed by atoms with van der Waals surface area (Å²) in [4.78, 5) is 0. The zero-order valence-corrected chi connectivity index (χ0v) is 7.97. The molecule has 1 fully saturated rings. The van der Waals surface area contributed by atoms with Crippen molar-refractivity contribution in [1.29, 1.82) is 0 Å². The minimum Gasteiger partial charge on any atom is -0.386 e. The molecule has 1 aliphatic heterocycles. The summed E-state index contributed by atoms with van der Waals surface area (Å²) < 4.78 is 5.26. The van der Waals surface area contributed by atoms with E-state index < -0.39 is 5.60 Å². The maximum absolute atomic E-state index is 10.1. The quantitative estimate of drug-likeness (QED) is 0.654. The van der Waals surface area contributed by atoms with E-state index in [0.29, 0.717) is 13.2 Å². The summed E-state index contributed by atoms with van der Waals surface area (Å²) in [7, 11) is 0. The van der Waals surface area contributed by atoms with Crippen LogP contribution in [0.5, 0.6) is 0 Å². The van der Waals surface area contributed by atoms with Gasteiger partial charge in [0, 0.05) is 12.6 Å². The number of hydrogen-bond donors (Lipinski definition) is 2. The van der Waals surface area contributed by atoms with Crippen molar-refractivity contribution in [3.63, 3.8) is 0 Å². The third-order valence-electron chi connectivity index (χ3n) is 2.60. The zero-order valence-electron chi connectivity index (χ0n) is 7.97. The second-order valence-corrected chi connectivity index (χ2v) is 3.52. The van der Waals surface area contributed by atoms with E-state index in [9.17, 15) is 5.11 Å². The van der Waals surface area contributed by atoms with E-state index in [1.807, 2.05) is 13.8 Å². The fourth-order valence-corrected chi connectivity index (χ4v) is 1.60. The van der Waals surface area contributed by atoms with Gasteiger partial charge in [-0.2, -0.15) is 0 Å². The van der Waals surface area contributed by atoms with Gasteiger partial charge in [0.1, 0.15) is 5.60 Å². The molecule has 2 atom stereocenters. The van der Waals surface area contributed by atoms with Gasteiger partial charge in [-0.15, -0.1) is 0 Å². The third-order valence-corrected chi connectivity index (χ3v) is 2.60. The van der Waals surface area contributed by atoms with Gasteiger partial charge in [-0.05, 0) is 33.2 Å². The predicted molar refractivity (Wildman–Crippen MR) is 48.1 cm³/mol. The van der Waals surface area contributed by atoms with Gasteiger partial charge in [-0.3, -0.25) is 0 Å². The van der Waals surface area contributed by atoms with Gasteiger partial charge in [-0.25, -0.2) is 0 Å². The third kappa shape index (κ3) is 2.19. The van der Waals surface area contributed by atoms with Crippen LogP contribution in [0.2, 0.25) is 0 Å². The average molecular weight is 173 g/mol. The summed E-state index contributed by atoms with van der Waals surface area (Å²) in [5.41, 5.74) is -0.645. The summed E-state index contributed by atoms with van der Waals surface area (Å²) in [6, 6.07) is 0.151. The van der Waals surface area contributed by atoms with E-state index in [-0.39, 0.29) is 6.04 Å². The Balaban J connectivity index is 2.42. The molecule has 0 spiro atoms. The highest BCUT2D eigenvalue weighted by Crippen LogP contribution is 2.21. The molecule has 0 aromatic heterocycles. The molecular formula is C9H19NO2. The molecule has 1 rings (SSSR count). The Bertz CT molecular complexity index is 140. The van der Waals surface area contributed by atoms with Crippen LogP contribution < -0.4 is 5.32 Å². The number of nitrogens with one attached hydrogen (secondary N) is 1. The fourth-order valence-electron chi connectivity index (χ4n) is 1.60. The van der Waals surface area contributed by atoms with Crippen LogP contribution >= 0.6 is 0 Å². The SMILES string of the molecule is CCOCC1(O)CCCNC1C. The maximum atomic E-state index is 10.1. The van der Waals surface area contributed by atoms with Crippen molar-refractivity contribution in [3.8, 4) is 0 Å². The van der Waals surface area contributed by atoms with Crippen LogP contribution in [-0.2, 0) is 4.74 Å². The first-order valence-corrected chi connectivity index (χ1v) is 4.72. The van der Waals surface area contributed by atoms with E-state index in [1.54, 1.807) is 0 Å². The van der Waals surface area contributed by atoms with E-state index in [1.165, 1.54) is 0 Å². The van der Waals surface area contributed by atoms with Gasteiger partial charge < -0.3 is 15.2 Å². The molecule has 0 amide bonds. The molecule has 1 heterocycles. The van der Waals surface area contributed by atoms with Gasteiger partial charge in [0.15, 0.2) is 0 Å². The molecule has 3 heteroatoms. The minimum absolute atomic E-state index is 0.151. The molecule has 0 saturated carbocycles. The van der Waals surface area contributed by atoms with Crippen molar-refractivity contribution in [1.82, 2.24) is 5.32 Å². The first kappa shape index (κ1) is 9.96. The van der Waals surface area contributed by atoms with Gasteiger partial charge in [-0.1, -0.05) is 0 Å². The average Bonchev–Trinajstić information content (AvgIpc) is 2.07. The van der Waals surface area contributed by atoms with Crippen LogP contribution in [0.1, 0.15) is 26.7 Å². The van der Waals surface area contributed by atoms with Gasteiger partial charge >= 0.3 is 0 Å². The van der Waals surface area contributed by atoms with Crippen molar-refractivity contribution in [2.24, 2.45) is 0 Å². The molecule has 0 aliphatic carbocycles. The lowest BCUT2D eigenvalue weighted by atomic mass is 9.88. The Morgan fingerprint density at radius 3 is 3.00 bits per heavy atom. The summed E-state index contributed by atoms with van der Waals surface area (Å²) >= 11 is 0. The Labute approximate surface area is 74.1 Å².